The van der Waals surface area contributed by atoms with Gasteiger partial charge < -0.3 is 15.1 Å². The Hall–Kier alpha value is -0.120. The summed E-state index contributed by atoms with van der Waals surface area (Å²) in [5, 5.41) is 3.79. The van der Waals surface area contributed by atoms with Crippen LogP contribution in [-0.2, 0) is 0 Å². The predicted octanol–water partition coefficient (Wildman–Crippen LogP) is 2.57. The Morgan fingerprint density at radius 2 is 1.60 bits per heavy atom. The van der Waals surface area contributed by atoms with Gasteiger partial charge in [-0.15, -0.1) is 0 Å². The van der Waals surface area contributed by atoms with Gasteiger partial charge in [0.2, 0.25) is 0 Å². The highest BCUT2D eigenvalue weighted by Gasteiger charge is 2.23. The van der Waals surface area contributed by atoms with Crippen molar-refractivity contribution in [1.82, 2.24) is 15.1 Å². The number of piperidine rings is 2. The SMILES string of the molecule is CCCN1CCC(C(C)NCCN2CCCCC2)CC1. The third kappa shape index (κ3) is 5.34. The van der Waals surface area contributed by atoms with E-state index in [-0.39, 0.29) is 0 Å². The molecule has 0 aromatic rings. The first-order valence-electron chi connectivity index (χ1n) is 8.97. The van der Waals surface area contributed by atoms with E-state index in [2.05, 4.69) is 29.0 Å². The molecule has 0 radical (unpaired) electrons. The molecule has 2 rings (SSSR count). The van der Waals surface area contributed by atoms with Gasteiger partial charge in [-0.2, -0.15) is 0 Å². The van der Waals surface area contributed by atoms with Crippen LogP contribution in [0.25, 0.3) is 0 Å². The van der Waals surface area contributed by atoms with Gasteiger partial charge in [0.15, 0.2) is 0 Å². The number of likely N-dealkylation sites (tertiary alicyclic amines) is 2. The maximum absolute atomic E-state index is 3.79. The molecular weight excluding hydrogens is 246 g/mol. The number of rotatable bonds is 7. The summed E-state index contributed by atoms with van der Waals surface area (Å²) in [6.45, 7) is 13.7. The van der Waals surface area contributed by atoms with Crippen molar-refractivity contribution in [3.8, 4) is 0 Å². The first-order chi connectivity index (χ1) is 9.79. The van der Waals surface area contributed by atoms with E-state index in [0.717, 1.165) is 5.92 Å². The van der Waals surface area contributed by atoms with E-state index < -0.39 is 0 Å². The Morgan fingerprint density at radius 1 is 0.950 bits per heavy atom. The molecule has 0 amide bonds. The van der Waals surface area contributed by atoms with Gasteiger partial charge in [-0.1, -0.05) is 13.3 Å². The third-order valence-electron chi connectivity index (χ3n) is 5.22. The smallest absolute Gasteiger partial charge is 0.0107 e. The van der Waals surface area contributed by atoms with Crippen molar-refractivity contribution in [2.45, 2.75) is 58.4 Å². The van der Waals surface area contributed by atoms with E-state index in [9.17, 15) is 0 Å². The molecule has 0 aliphatic carbocycles. The topological polar surface area (TPSA) is 18.5 Å². The fraction of sp³-hybridized carbons (Fsp3) is 1.00. The summed E-state index contributed by atoms with van der Waals surface area (Å²) in [6, 6.07) is 0.698. The standard InChI is InChI=1S/C17H35N3/c1-3-10-19-13-7-17(8-14-19)16(2)18-9-15-20-11-5-4-6-12-20/h16-18H,3-15H2,1-2H3. The molecule has 0 bridgehead atoms. The Labute approximate surface area is 126 Å². The molecule has 3 nitrogen and oxygen atoms in total. The van der Waals surface area contributed by atoms with Crippen molar-refractivity contribution >= 4 is 0 Å². The zero-order valence-electron chi connectivity index (χ0n) is 13.7. The fourth-order valence-corrected chi connectivity index (χ4v) is 3.79. The molecule has 118 valence electrons. The molecule has 2 aliphatic rings. The second-order valence-corrected chi connectivity index (χ2v) is 6.82. The van der Waals surface area contributed by atoms with Crippen LogP contribution < -0.4 is 5.32 Å². The molecule has 3 heteroatoms. The summed E-state index contributed by atoms with van der Waals surface area (Å²) in [6.07, 6.45) is 8.33. The lowest BCUT2D eigenvalue weighted by Crippen LogP contribution is -2.44. The van der Waals surface area contributed by atoms with Crippen LogP contribution in [0.1, 0.15) is 52.4 Å². The highest BCUT2D eigenvalue weighted by atomic mass is 15.1. The molecule has 2 aliphatic heterocycles. The molecule has 0 spiro atoms. The number of nitrogens with zero attached hydrogens (tertiary/aromatic N) is 2. The van der Waals surface area contributed by atoms with Gasteiger partial charge in [-0.25, -0.2) is 0 Å². The van der Waals surface area contributed by atoms with Crippen molar-refractivity contribution in [1.29, 1.82) is 0 Å². The van der Waals surface area contributed by atoms with Crippen molar-refractivity contribution in [3.63, 3.8) is 0 Å². The van der Waals surface area contributed by atoms with Crippen molar-refractivity contribution in [3.05, 3.63) is 0 Å². The Balaban J connectivity index is 1.56. The lowest BCUT2D eigenvalue weighted by molar-refractivity contribution is 0.159. The van der Waals surface area contributed by atoms with Crippen LogP contribution in [0.3, 0.4) is 0 Å². The summed E-state index contributed by atoms with van der Waals surface area (Å²) < 4.78 is 0. The molecule has 1 N–H and O–H groups in total. The molecule has 1 unspecified atom stereocenters. The maximum atomic E-state index is 3.79. The van der Waals surface area contributed by atoms with Crippen LogP contribution in [0.2, 0.25) is 0 Å². The first kappa shape index (κ1) is 16.3. The minimum atomic E-state index is 0.698. The monoisotopic (exact) mass is 281 g/mol. The Morgan fingerprint density at radius 3 is 2.25 bits per heavy atom. The molecule has 2 saturated heterocycles. The summed E-state index contributed by atoms with van der Waals surface area (Å²) in [5.41, 5.74) is 0. The van der Waals surface area contributed by atoms with E-state index in [1.54, 1.807) is 0 Å². The quantitative estimate of drug-likeness (QED) is 0.774. The van der Waals surface area contributed by atoms with Gasteiger partial charge in [0.25, 0.3) is 0 Å². The summed E-state index contributed by atoms with van der Waals surface area (Å²) in [4.78, 5) is 5.27. The van der Waals surface area contributed by atoms with Crippen LogP contribution in [0, 0.1) is 5.92 Å². The average Bonchev–Trinajstić information content (AvgIpc) is 2.49. The first-order valence-corrected chi connectivity index (χ1v) is 8.97. The van der Waals surface area contributed by atoms with Crippen LogP contribution in [-0.4, -0.2) is 61.7 Å². The minimum Gasteiger partial charge on any atom is -0.313 e. The normalized spacial score (nSPS) is 24.9. The third-order valence-corrected chi connectivity index (χ3v) is 5.22. The summed E-state index contributed by atoms with van der Waals surface area (Å²) in [7, 11) is 0. The molecule has 0 saturated carbocycles. The van der Waals surface area contributed by atoms with Crippen molar-refractivity contribution in [2.75, 3.05) is 45.8 Å². The van der Waals surface area contributed by atoms with E-state index >= 15 is 0 Å². The molecule has 2 heterocycles. The average molecular weight is 281 g/mol. The highest BCUT2D eigenvalue weighted by molar-refractivity contribution is 4.80. The molecule has 20 heavy (non-hydrogen) atoms. The van der Waals surface area contributed by atoms with Crippen LogP contribution in [0.5, 0.6) is 0 Å². The van der Waals surface area contributed by atoms with E-state index in [0.29, 0.717) is 6.04 Å². The van der Waals surface area contributed by atoms with Crippen LogP contribution in [0.15, 0.2) is 0 Å². The van der Waals surface area contributed by atoms with Gasteiger partial charge >= 0.3 is 0 Å². The van der Waals surface area contributed by atoms with Crippen LogP contribution >= 0.6 is 0 Å². The zero-order chi connectivity index (χ0) is 14.2. The van der Waals surface area contributed by atoms with E-state index in [1.807, 2.05) is 0 Å². The largest absolute Gasteiger partial charge is 0.313 e. The lowest BCUT2D eigenvalue weighted by Gasteiger charge is -2.35. The molecule has 0 aromatic heterocycles. The second kappa shape index (κ2) is 9.01. The summed E-state index contributed by atoms with van der Waals surface area (Å²) in [5.74, 6) is 0.893. The van der Waals surface area contributed by atoms with Gasteiger partial charge in [-0.05, 0) is 77.7 Å². The van der Waals surface area contributed by atoms with Gasteiger partial charge in [0, 0.05) is 19.1 Å². The highest BCUT2D eigenvalue weighted by Crippen LogP contribution is 2.20. The van der Waals surface area contributed by atoms with Crippen molar-refractivity contribution < 1.29 is 0 Å². The second-order valence-electron chi connectivity index (χ2n) is 6.82. The zero-order valence-corrected chi connectivity index (χ0v) is 13.7. The Bertz CT molecular complexity index is 243. The molecule has 1 atom stereocenters. The van der Waals surface area contributed by atoms with Gasteiger partial charge in [-0.3, -0.25) is 0 Å². The Kier molecular flexibility index (Phi) is 7.32. The molecular formula is C17H35N3. The lowest BCUT2D eigenvalue weighted by atomic mass is 9.90. The number of hydrogen-bond acceptors (Lipinski definition) is 3. The number of hydrogen-bond donors (Lipinski definition) is 1. The molecule has 2 fully saturated rings. The van der Waals surface area contributed by atoms with E-state index in [4.69, 9.17) is 0 Å². The number of nitrogens with one attached hydrogen (secondary N) is 1. The van der Waals surface area contributed by atoms with Gasteiger partial charge in [0.05, 0.1) is 0 Å². The predicted molar refractivity (Wildman–Crippen MR) is 87.2 cm³/mol. The minimum absolute atomic E-state index is 0.698. The van der Waals surface area contributed by atoms with Crippen LogP contribution in [0.4, 0.5) is 0 Å². The fourth-order valence-electron chi connectivity index (χ4n) is 3.79. The maximum Gasteiger partial charge on any atom is 0.0107 e. The van der Waals surface area contributed by atoms with Gasteiger partial charge in [0.1, 0.15) is 0 Å². The molecule has 0 aromatic carbocycles. The van der Waals surface area contributed by atoms with Crippen molar-refractivity contribution in [2.24, 2.45) is 5.92 Å². The van der Waals surface area contributed by atoms with E-state index in [1.165, 1.54) is 84.3 Å². The summed E-state index contributed by atoms with van der Waals surface area (Å²) >= 11 is 0.